The minimum absolute atomic E-state index is 0.252. The monoisotopic (exact) mass is 682 g/mol. The van der Waals surface area contributed by atoms with Crippen molar-refractivity contribution >= 4 is 5.69 Å². The van der Waals surface area contributed by atoms with Gasteiger partial charge in [0.25, 0.3) is 0 Å². The summed E-state index contributed by atoms with van der Waals surface area (Å²) >= 11 is 0. The smallest absolute Gasteiger partial charge is 0.187 e. The molecule has 0 amide bonds. The van der Waals surface area contributed by atoms with Gasteiger partial charge in [-0.15, -0.1) is 0 Å². The summed E-state index contributed by atoms with van der Waals surface area (Å²) in [6.45, 7) is 7.41. The van der Waals surface area contributed by atoms with Crippen LogP contribution in [0.2, 0.25) is 0 Å². The summed E-state index contributed by atoms with van der Waals surface area (Å²) in [7, 11) is 0. The second-order valence-electron chi connectivity index (χ2n) is 15.5. The fraction of sp³-hybridized carbons (Fsp3) is 0.184. The van der Waals surface area contributed by atoms with Crippen LogP contribution in [0.1, 0.15) is 43.2 Å². The second-order valence-corrected chi connectivity index (χ2v) is 15.5. The molecule has 4 unspecified atom stereocenters. The van der Waals surface area contributed by atoms with Crippen LogP contribution in [-0.4, -0.2) is 15.0 Å². The molecule has 11 rings (SSSR count). The fourth-order valence-electron chi connectivity index (χ4n) is 10.2. The Balaban J connectivity index is 0.907. The normalized spacial score (nSPS) is 22.5. The third kappa shape index (κ3) is 5.47. The Morgan fingerprint density at radius 2 is 0.962 bits per heavy atom. The van der Waals surface area contributed by atoms with Gasteiger partial charge < -0.3 is 0 Å². The number of aromatic nitrogens is 3. The van der Waals surface area contributed by atoms with Gasteiger partial charge in [0.05, 0.1) is 6.57 Å². The van der Waals surface area contributed by atoms with Gasteiger partial charge in [-0.3, -0.25) is 0 Å². The SMILES string of the molecule is [C-]#[N+]c1cccc(-c2ccc(C34CC5CC3CC(c3ccc(-c6ccc(-c7nc(-c8ccccc8)nc(-c8ccccc8)n7)cc6)cc3)(C5)C4)cc2)c1. The molecule has 4 fully saturated rings. The number of benzene rings is 6. The van der Waals surface area contributed by atoms with Gasteiger partial charge in [-0.2, -0.15) is 0 Å². The van der Waals surface area contributed by atoms with Crippen molar-refractivity contribution in [2.45, 2.75) is 42.9 Å². The molecule has 1 aromatic heterocycles. The summed E-state index contributed by atoms with van der Waals surface area (Å²) in [5.74, 6) is 3.55. The maximum absolute atomic E-state index is 7.41. The van der Waals surface area contributed by atoms with Gasteiger partial charge in [-0.05, 0) is 94.2 Å². The lowest BCUT2D eigenvalue weighted by Crippen LogP contribution is -2.35. The molecule has 4 atom stereocenters. The largest absolute Gasteiger partial charge is 0.238 e. The lowest BCUT2D eigenvalue weighted by Gasteiger charge is -2.42. The van der Waals surface area contributed by atoms with E-state index in [-0.39, 0.29) is 10.8 Å². The minimum atomic E-state index is 0.252. The predicted octanol–water partition coefficient (Wildman–Crippen LogP) is 12.2. The van der Waals surface area contributed by atoms with Crippen molar-refractivity contribution in [3.8, 4) is 56.4 Å². The minimum Gasteiger partial charge on any atom is -0.238 e. The number of nitrogens with zero attached hydrogens (tertiary/aromatic N) is 4. The lowest BCUT2D eigenvalue weighted by atomic mass is 9.62. The Kier molecular flexibility index (Phi) is 7.44. The average molecular weight is 683 g/mol. The molecule has 0 N–H and O–H groups in total. The fourth-order valence-corrected chi connectivity index (χ4v) is 10.2. The van der Waals surface area contributed by atoms with Gasteiger partial charge in [0.1, 0.15) is 0 Å². The molecule has 53 heavy (non-hydrogen) atoms. The summed E-state index contributed by atoms with van der Waals surface area (Å²) in [6, 6.07) is 55.7. The first kappa shape index (κ1) is 31.5. The number of hydrogen-bond donors (Lipinski definition) is 0. The standard InChI is InChI=1S/C49H38N4/c1-50-44-14-8-13-40(28-44)36-21-25-42(26-22-36)49-30-33-27-43(49)31-48(29-33,32-49)41-23-19-35(20-24-41)34-15-17-39(18-16-34)47-52-45(37-9-4-2-5-10-37)51-46(53-47)38-11-6-3-7-12-38/h2-26,28,33,43H,27,29-32H2. The molecule has 4 heteroatoms. The molecular weight excluding hydrogens is 645 g/mol. The van der Waals surface area contributed by atoms with Crippen LogP contribution in [-0.2, 0) is 10.8 Å². The Bertz CT molecular complexity index is 2430. The van der Waals surface area contributed by atoms with Crippen molar-refractivity contribution in [2.24, 2.45) is 11.8 Å². The van der Waals surface area contributed by atoms with Crippen molar-refractivity contribution < 1.29 is 0 Å². The zero-order chi connectivity index (χ0) is 35.4. The summed E-state index contributed by atoms with van der Waals surface area (Å²) in [4.78, 5) is 18.3. The molecule has 4 bridgehead atoms. The zero-order valence-corrected chi connectivity index (χ0v) is 29.5. The van der Waals surface area contributed by atoms with Crippen molar-refractivity contribution in [2.75, 3.05) is 0 Å². The molecular formula is C49H38N4. The second kappa shape index (κ2) is 12.5. The van der Waals surface area contributed by atoms with E-state index in [9.17, 15) is 0 Å². The Hall–Kier alpha value is -6.18. The van der Waals surface area contributed by atoms with E-state index < -0.39 is 0 Å². The third-order valence-electron chi connectivity index (χ3n) is 12.5. The number of hydrogen-bond acceptors (Lipinski definition) is 3. The molecule has 4 aliphatic rings. The van der Waals surface area contributed by atoms with E-state index in [1.807, 2.05) is 78.9 Å². The van der Waals surface area contributed by atoms with Crippen molar-refractivity contribution in [1.29, 1.82) is 0 Å². The summed E-state index contributed by atoms with van der Waals surface area (Å²) in [5, 5.41) is 0. The molecule has 4 saturated carbocycles. The molecule has 1 heterocycles. The molecule has 0 aliphatic heterocycles. The molecule has 0 spiro atoms. The third-order valence-corrected chi connectivity index (χ3v) is 12.5. The van der Waals surface area contributed by atoms with E-state index in [0.29, 0.717) is 23.2 Å². The van der Waals surface area contributed by atoms with Gasteiger partial charge in [-0.25, -0.2) is 19.8 Å². The summed E-state index contributed by atoms with van der Waals surface area (Å²) < 4.78 is 0. The van der Waals surface area contributed by atoms with Gasteiger partial charge in [0.2, 0.25) is 0 Å². The molecule has 6 aromatic carbocycles. The van der Waals surface area contributed by atoms with E-state index in [0.717, 1.165) is 34.1 Å². The highest BCUT2D eigenvalue weighted by Gasteiger charge is 2.64. The Labute approximate surface area is 311 Å². The molecule has 4 nitrogen and oxygen atoms in total. The van der Waals surface area contributed by atoms with E-state index in [1.165, 1.54) is 59.9 Å². The van der Waals surface area contributed by atoms with Gasteiger partial charge in [-0.1, -0.05) is 152 Å². The highest BCUT2D eigenvalue weighted by atomic mass is 15.0. The first-order valence-corrected chi connectivity index (χ1v) is 18.7. The maximum atomic E-state index is 7.41. The predicted molar refractivity (Wildman–Crippen MR) is 213 cm³/mol. The van der Waals surface area contributed by atoms with Crippen molar-refractivity contribution in [1.82, 2.24) is 15.0 Å². The van der Waals surface area contributed by atoms with Crippen LogP contribution in [0.5, 0.6) is 0 Å². The van der Waals surface area contributed by atoms with Crippen molar-refractivity contribution in [3.05, 3.63) is 180 Å². The Morgan fingerprint density at radius 1 is 0.472 bits per heavy atom. The topological polar surface area (TPSA) is 43.0 Å². The molecule has 4 aliphatic carbocycles. The summed E-state index contributed by atoms with van der Waals surface area (Å²) in [6.07, 6.45) is 6.51. The Morgan fingerprint density at radius 3 is 1.55 bits per heavy atom. The first-order chi connectivity index (χ1) is 26.1. The van der Waals surface area contributed by atoms with Gasteiger partial charge in [0.15, 0.2) is 23.2 Å². The van der Waals surface area contributed by atoms with Gasteiger partial charge >= 0.3 is 0 Å². The molecule has 254 valence electrons. The quantitative estimate of drug-likeness (QED) is 0.157. The zero-order valence-electron chi connectivity index (χ0n) is 29.5. The van der Waals surface area contributed by atoms with E-state index in [2.05, 4.69) is 83.7 Å². The van der Waals surface area contributed by atoms with Crippen LogP contribution in [0.25, 0.3) is 61.3 Å². The van der Waals surface area contributed by atoms with Crippen LogP contribution in [0.4, 0.5) is 5.69 Å². The van der Waals surface area contributed by atoms with Crippen LogP contribution >= 0.6 is 0 Å². The van der Waals surface area contributed by atoms with E-state index >= 15 is 0 Å². The lowest BCUT2D eigenvalue weighted by molar-refractivity contribution is 0.220. The first-order valence-electron chi connectivity index (χ1n) is 18.7. The van der Waals surface area contributed by atoms with Crippen LogP contribution in [0.3, 0.4) is 0 Å². The highest BCUT2D eigenvalue weighted by Crippen LogP contribution is 2.71. The number of rotatable bonds is 7. The molecule has 0 radical (unpaired) electrons. The van der Waals surface area contributed by atoms with Gasteiger partial charge in [0, 0.05) is 16.7 Å². The van der Waals surface area contributed by atoms with Crippen LogP contribution in [0, 0.1) is 18.4 Å². The average Bonchev–Trinajstić information content (AvgIpc) is 3.63. The molecule has 7 aromatic rings. The molecule has 0 saturated heterocycles. The maximum Gasteiger partial charge on any atom is 0.187 e. The van der Waals surface area contributed by atoms with Crippen LogP contribution in [0.15, 0.2) is 158 Å². The van der Waals surface area contributed by atoms with Crippen LogP contribution < -0.4 is 0 Å². The van der Waals surface area contributed by atoms with Crippen molar-refractivity contribution in [3.63, 3.8) is 0 Å². The van der Waals surface area contributed by atoms with E-state index in [1.54, 1.807) is 0 Å². The van der Waals surface area contributed by atoms with E-state index in [4.69, 9.17) is 21.5 Å². The summed E-state index contributed by atoms with van der Waals surface area (Å²) in [5.41, 5.74) is 11.9. The highest BCUT2D eigenvalue weighted by molar-refractivity contribution is 5.71.